The first kappa shape index (κ1) is 12.2. The number of halogens is 1. The monoisotopic (exact) mass is 251 g/mol. The van der Waals surface area contributed by atoms with E-state index in [4.69, 9.17) is 0 Å². The minimum Gasteiger partial charge on any atom is -0.393 e. The Hall–Kier alpha value is -1.26. The van der Waals surface area contributed by atoms with Gasteiger partial charge in [-0.05, 0) is 24.6 Å². The first-order chi connectivity index (χ1) is 8.13. The molecule has 17 heavy (non-hydrogen) atoms. The van der Waals surface area contributed by atoms with Crippen LogP contribution in [0.3, 0.4) is 0 Å². The van der Waals surface area contributed by atoms with Gasteiger partial charge in [0, 0.05) is 23.9 Å². The summed E-state index contributed by atoms with van der Waals surface area (Å²) < 4.78 is 13.0. The molecule has 1 unspecified atom stereocenters. The van der Waals surface area contributed by atoms with Crippen LogP contribution in [0.25, 0.3) is 0 Å². The highest BCUT2D eigenvalue weighted by Gasteiger charge is 2.06. The molecule has 0 aliphatic heterocycles. The molecule has 1 aromatic heterocycles. The summed E-state index contributed by atoms with van der Waals surface area (Å²) in [6.45, 7) is 1.76. The molecule has 0 radical (unpaired) electrons. The van der Waals surface area contributed by atoms with Crippen LogP contribution in [0.15, 0.2) is 30.5 Å². The summed E-state index contributed by atoms with van der Waals surface area (Å²) in [5.74, 6) is -0.219. The first-order valence-corrected chi connectivity index (χ1v) is 6.31. The Bertz CT molecular complexity index is 496. The number of aliphatic hydroxyl groups is 1. The van der Waals surface area contributed by atoms with E-state index >= 15 is 0 Å². The SMILES string of the molecule is CC(O)Cc1cnc(Cc2cccc(F)c2)s1. The third kappa shape index (κ3) is 3.61. The Labute approximate surface area is 104 Å². The van der Waals surface area contributed by atoms with Crippen molar-refractivity contribution < 1.29 is 9.50 Å². The Balaban J connectivity index is 2.06. The van der Waals surface area contributed by atoms with Gasteiger partial charge in [-0.25, -0.2) is 9.37 Å². The van der Waals surface area contributed by atoms with Gasteiger partial charge in [-0.2, -0.15) is 0 Å². The van der Waals surface area contributed by atoms with Crippen molar-refractivity contribution in [3.05, 3.63) is 51.7 Å². The molecule has 0 aliphatic rings. The van der Waals surface area contributed by atoms with Crippen molar-refractivity contribution in [2.45, 2.75) is 25.9 Å². The average molecular weight is 251 g/mol. The summed E-state index contributed by atoms with van der Waals surface area (Å²) >= 11 is 1.57. The average Bonchev–Trinajstić information content (AvgIpc) is 2.64. The number of aromatic nitrogens is 1. The van der Waals surface area contributed by atoms with Crippen LogP contribution in [0, 0.1) is 5.82 Å². The molecule has 1 heterocycles. The van der Waals surface area contributed by atoms with Gasteiger partial charge in [0.15, 0.2) is 0 Å². The lowest BCUT2D eigenvalue weighted by Gasteiger charge is -1.99. The molecular weight excluding hydrogens is 237 g/mol. The lowest BCUT2D eigenvalue weighted by molar-refractivity contribution is 0.196. The zero-order valence-corrected chi connectivity index (χ0v) is 10.4. The Morgan fingerprint density at radius 2 is 2.29 bits per heavy atom. The van der Waals surface area contributed by atoms with E-state index in [0.29, 0.717) is 12.8 Å². The third-order valence-electron chi connectivity index (χ3n) is 2.34. The highest BCUT2D eigenvalue weighted by atomic mass is 32.1. The topological polar surface area (TPSA) is 33.1 Å². The third-order valence-corrected chi connectivity index (χ3v) is 3.36. The minimum absolute atomic E-state index is 0.219. The van der Waals surface area contributed by atoms with Gasteiger partial charge in [0.2, 0.25) is 0 Å². The van der Waals surface area contributed by atoms with Crippen LogP contribution < -0.4 is 0 Å². The quantitative estimate of drug-likeness (QED) is 0.906. The lowest BCUT2D eigenvalue weighted by atomic mass is 10.1. The maximum atomic E-state index is 13.0. The fraction of sp³-hybridized carbons (Fsp3) is 0.308. The van der Waals surface area contributed by atoms with Crippen LogP contribution >= 0.6 is 11.3 Å². The molecule has 2 rings (SSSR count). The van der Waals surface area contributed by atoms with Gasteiger partial charge >= 0.3 is 0 Å². The largest absolute Gasteiger partial charge is 0.393 e. The molecule has 4 heteroatoms. The summed E-state index contributed by atoms with van der Waals surface area (Å²) in [5, 5.41) is 10.2. The van der Waals surface area contributed by atoms with Crippen molar-refractivity contribution in [2.75, 3.05) is 0 Å². The molecule has 1 atom stereocenters. The molecule has 0 spiro atoms. The summed E-state index contributed by atoms with van der Waals surface area (Å²) in [4.78, 5) is 5.34. The zero-order valence-electron chi connectivity index (χ0n) is 9.56. The number of hydrogen-bond acceptors (Lipinski definition) is 3. The van der Waals surface area contributed by atoms with Gasteiger partial charge in [-0.1, -0.05) is 12.1 Å². The van der Waals surface area contributed by atoms with Crippen LogP contribution in [0.2, 0.25) is 0 Å². The number of thiazole rings is 1. The van der Waals surface area contributed by atoms with Crippen LogP contribution in [-0.4, -0.2) is 16.2 Å². The molecule has 0 aliphatic carbocycles. The molecule has 2 nitrogen and oxygen atoms in total. The predicted molar refractivity (Wildman–Crippen MR) is 66.7 cm³/mol. The van der Waals surface area contributed by atoms with E-state index in [1.807, 2.05) is 6.07 Å². The molecule has 0 amide bonds. The number of rotatable bonds is 4. The maximum absolute atomic E-state index is 13.0. The second-order valence-corrected chi connectivity index (χ2v) is 5.28. The highest BCUT2D eigenvalue weighted by molar-refractivity contribution is 7.11. The van der Waals surface area contributed by atoms with Crippen molar-refractivity contribution in [1.29, 1.82) is 0 Å². The molecule has 2 aromatic rings. The van der Waals surface area contributed by atoms with Crippen LogP contribution in [-0.2, 0) is 12.8 Å². The van der Waals surface area contributed by atoms with Gasteiger partial charge in [0.05, 0.1) is 11.1 Å². The molecule has 1 N–H and O–H groups in total. The molecule has 0 bridgehead atoms. The summed E-state index contributed by atoms with van der Waals surface area (Å²) in [6, 6.07) is 6.55. The fourth-order valence-electron chi connectivity index (χ4n) is 1.64. The van der Waals surface area contributed by atoms with E-state index in [2.05, 4.69) is 4.98 Å². The van der Waals surface area contributed by atoms with E-state index in [1.165, 1.54) is 12.1 Å². The summed E-state index contributed by atoms with van der Waals surface area (Å²) in [6.07, 6.45) is 2.70. The van der Waals surface area contributed by atoms with E-state index < -0.39 is 0 Å². The van der Waals surface area contributed by atoms with Gasteiger partial charge in [0.1, 0.15) is 5.82 Å². The van der Waals surface area contributed by atoms with Gasteiger partial charge in [-0.15, -0.1) is 11.3 Å². The number of nitrogens with zero attached hydrogens (tertiary/aromatic N) is 1. The van der Waals surface area contributed by atoms with Crippen LogP contribution in [0.5, 0.6) is 0 Å². The van der Waals surface area contributed by atoms with E-state index in [-0.39, 0.29) is 11.9 Å². The normalized spacial score (nSPS) is 12.6. The fourth-order valence-corrected chi connectivity index (χ4v) is 2.71. The van der Waals surface area contributed by atoms with Gasteiger partial charge in [-0.3, -0.25) is 0 Å². The second-order valence-electron chi connectivity index (χ2n) is 4.08. The Morgan fingerprint density at radius 3 is 3.00 bits per heavy atom. The first-order valence-electron chi connectivity index (χ1n) is 5.49. The Morgan fingerprint density at radius 1 is 1.47 bits per heavy atom. The number of aliphatic hydroxyl groups excluding tert-OH is 1. The van der Waals surface area contributed by atoms with Crippen LogP contribution in [0.4, 0.5) is 4.39 Å². The summed E-state index contributed by atoms with van der Waals surface area (Å²) in [7, 11) is 0. The van der Waals surface area contributed by atoms with Crippen molar-refractivity contribution in [1.82, 2.24) is 4.98 Å². The van der Waals surface area contributed by atoms with Crippen molar-refractivity contribution >= 4 is 11.3 Å². The zero-order chi connectivity index (χ0) is 12.3. The predicted octanol–water partition coefficient (Wildman–Crippen LogP) is 2.80. The smallest absolute Gasteiger partial charge is 0.123 e. The highest BCUT2D eigenvalue weighted by Crippen LogP contribution is 2.18. The molecular formula is C13H14FNOS. The molecule has 0 saturated heterocycles. The Kier molecular flexibility index (Phi) is 3.86. The van der Waals surface area contributed by atoms with E-state index in [9.17, 15) is 9.50 Å². The molecule has 0 fully saturated rings. The van der Waals surface area contributed by atoms with E-state index in [0.717, 1.165) is 15.4 Å². The summed E-state index contributed by atoms with van der Waals surface area (Å²) in [5.41, 5.74) is 0.919. The standard InChI is InChI=1S/C13H14FNOS/c1-9(16)5-12-8-15-13(17-12)7-10-3-2-4-11(14)6-10/h2-4,6,8-9,16H,5,7H2,1H3. The van der Waals surface area contributed by atoms with Gasteiger partial charge in [0.25, 0.3) is 0 Å². The van der Waals surface area contributed by atoms with E-state index in [1.54, 1.807) is 30.5 Å². The second kappa shape index (κ2) is 5.38. The molecule has 1 aromatic carbocycles. The molecule has 90 valence electrons. The number of hydrogen-bond donors (Lipinski definition) is 1. The van der Waals surface area contributed by atoms with Crippen molar-refractivity contribution in [3.63, 3.8) is 0 Å². The molecule has 0 saturated carbocycles. The lowest BCUT2D eigenvalue weighted by Crippen LogP contribution is -2.01. The number of benzene rings is 1. The van der Waals surface area contributed by atoms with Crippen molar-refractivity contribution in [3.8, 4) is 0 Å². The maximum Gasteiger partial charge on any atom is 0.123 e. The minimum atomic E-state index is -0.350. The van der Waals surface area contributed by atoms with Gasteiger partial charge < -0.3 is 5.11 Å². The van der Waals surface area contributed by atoms with Crippen LogP contribution in [0.1, 0.15) is 22.4 Å². The van der Waals surface area contributed by atoms with Crippen molar-refractivity contribution in [2.24, 2.45) is 0 Å².